The van der Waals surface area contributed by atoms with Gasteiger partial charge in [-0.3, -0.25) is 4.68 Å². The van der Waals surface area contributed by atoms with Gasteiger partial charge in [0.25, 0.3) is 0 Å². The number of rotatable bonds is 7. The van der Waals surface area contributed by atoms with E-state index in [4.69, 9.17) is 4.74 Å². The summed E-state index contributed by atoms with van der Waals surface area (Å²) in [4.78, 5) is 8.93. The van der Waals surface area contributed by atoms with E-state index in [0.717, 1.165) is 28.9 Å². The zero-order valence-corrected chi connectivity index (χ0v) is 16.7. The van der Waals surface area contributed by atoms with Gasteiger partial charge in [0.05, 0.1) is 11.9 Å². The first kappa shape index (κ1) is 17.8. The third kappa shape index (κ3) is 4.16. The molecule has 0 atom stereocenters. The van der Waals surface area contributed by atoms with Crippen LogP contribution < -0.4 is 0 Å². The summed E-state index contributed by atoms with van der Waals surface area (Å²) in [6, 6.07) is 3.55. The van der Waals surface area contributed by atoms with Crippen LogP contribution in [0.5, 0.6) is 0 Å². The van der Waals surface area contributed by atoms with E-state index in [1.54, 1.807) is 6.33 Å². The Bertz CT molecular complexity index is 847. The maximum Gasteiger partial charge on any atom is 0.145 e. The van der Waals surface area contributed by atoms with E-state index in [2.05, 4.69) is 54.6 Å². The summed E-state index contributed by atoms with van der Waals surface area (Å²) in [6.07, 6.45) is 7.53. The summed E-state index contributed by atoms with van der Waals surface area (Å²) in [6.45, 7) is 12.6. The van der Waals surface area contributed by atoms with E-state index in [1.165, 1.54) is 6.04 Å². The summed E-state index contributed by atoms with van der Waals surface area (Å²) < 4.78 is 9.85. The quantitative estimate of drug-likeness (QED) is 0.470. The molecule has 7 heteroatoms. The highest BCUT2D eigenvalue weighted by molar-refractivity contribution is 6.76. The molecule has 0 aliphatic carbocycles. The highest BCUT2D eigenvalue weighted by Crippen LogP contribution is 2.26. The van der Waals surface area contributed by atoms with E-state index in [0.29, 0.717) is 12.8 Å². The summed E-state index contributed by atoms with van der Waals surface area (Å²) in [5, 5.41) is 5.45. The summed E-state index contributed by atoms with van der Waals surface area (Å²) in [5.41, 5.74) is 2.83. The van der Waals surface area contributed by atoms with Crippen LogP contribution in [0.2, 0.25) is 25.7 Å². The predicted octanol–water partition coefficient (Wildman–Crippen LogP) is 4.19. The largest absolute Gasteiger partial charge is 0.361 e. The molecular weight excluding hydrogens is 330 g/mol. The van der Waals surface area contributed by atoms with Crippen LogP contribution in [0.4, 0.5) is 0 Å². The first-order valence-corrected chi connectivity index (χ1v) is 12.5. The number of fused-ring (bicyclic) bond motifs is 1. The number of nitrogens with zero attached hydrogens (tertiary/aromatic N) is 5. The Morgan fingerprint density at radius 1 is 1.20 bits per heavy atom. The molecular formula is C18H27N5OSi. The molecule has 0 fully saturated rings. The van der Waals surface area contributed by atoms with Crippen molar-refractivity contribution >= 4 is 19.1 Å². The molecule has 0 unspecified atom stereocenters. The third-order valence-electron chi connectivity index (χ3n) is 4.19. The maximum absolute atomic E-state index is 5.86. The van der Waals surface area contributed by atoms with Gasteiger partial charge in [-0.25, -0.2) is 9.97 Å². The van der Waals surface area contributed by atoms with E-state index in [1.807, 2.05) is 27.8 Å². The van der Waals surface area contributed by atoms with Gasteiger partial charge in [0.15, 0.2) is 0 Å². The fourth-order valence-corrected chi connectivity index (χ4v) is 3.38. The second-order valence-corrected chi connectivity index (χ2v) is 13.5. The van der Waals surface area contributed by atoms with E-state index < -0.39 is 8.07 Å². The van der Waals surface area contributed by atoms with Crippen LogP contribution in [0.1, 0.15) is 19.9 Å². The molecule has 0 radical (unpaired) electrons. The van der Waals surface area contributed by atoms with Crippen molar-refractivity contribution in [1.29, 1.82) is 0 Å². The molecule has 0 aromatic carbocycles. The molecule has 3 aromatic heterocycles. The Hall–Kier alpha value is -1.99. The van der Waals surface area contributed by atoms with Crippen molar-refractivity contribution in [2.45, 2.75) is 52.3 Å². The van der Waals surface area contributed by atoms with Gasteiger partial charge in [0.2, 0.25) is 0 Å². The zero-order chi connectivity index (χ0) is 18.0. The molecule has 3 rings (SSSR count). The lowest BCUT2D eigenvalue weighted by atomic mass is 10.2. The minimum absolute atomic E-state index is 0.329. The van der Waals surface area contributed by atoms with E-state index >= 15 is 0 Å². The van der Waals surface area contributed by atoms with Crippen LogP contribution in [0.25, 0.3) is 22.3 Å². The van der Waals surface area contributed by atoms with Gasteiger partial charge >= 0.3 is 0 Å². The first-order chi connectivity index (χ1) is 11.8. The van der Waals surface area contributed by atoms with Crippen molar-refractivity contribution in [3.8, 4) is 11.3 Å². The normalized spacial score (nSPS) is 12.4. The first-order valence-electron chi connectivity index (χ1n) is 8.77. The van der Waals surface area contributed by atoms with Crippen LogP contribution in [-0.2, 0) is 11.5 Å². The second-order valence-electron chi connectivity index (χ2n) is 7.90. The number of hydrogen-bond donors (Lipinski definition) is 0. The Balaban J connectivity index is 1.80. The van der Waals surface area contributed by atoms with Crippen molar-refractivity contribution in [2.75, 3.05) is 6.61 Å². The standard InChI is InChI=1S/C18H27N5OSi/c1-14(2)23-11-15(10-21-23)17-16-6-7-22(18(16)20-12-19-17)13-24-8-9-25(3,4)5/h6-7,10-12,14H,8-9,13H2,1-5H3. The van der Waals surface area contributed by atoms with Crippen LogP contribution in [0.3, 0.4) is 0 Å². The average molecular weight is 358 g/mol. The average Bonchev–Trinajstić information content (AvgIpc) is 3.18. The van der Waals surface area contributed by atoms with Crippen molar-refractivity contribution < 1.29 is 4.74 Å². The van der Waals surface area contributed by atoms with Gasteiger partial charge in [-0.2, -0.15) is 5.10 Å². The predicted molar refractivity (Wildman–Crippen MR) is 103 cm³/mol. The van der Waals surface area contributed by atoms with Gasteiger partial charge in [-0.05, 0) is 26.0 Å². The molecule has 0 aliphatic heterocycles. The fourth-order valence-electron chi connectivity index (χ4n) is 2.62. The number of hydrogen-bond acceptors (Lipinski definition) is 4. The maximum atomic E-state index is 5.86. The lowest BCUT2D eigenvalue weighted by Gasteiger charge is -2.15. The van der Waals surface area contributed by atoms with Crippen LogP contribution in [-0.4, -0.2) is 39.0 Å². The van der Waals surface area contributed by atoms with Gasteiger partial charge < -0.3 is 9.30 Å². The fraction of sp³-hybridized carbons (Fsp3) is 0.500. The second kappa shape index (κ2) is 7.09. The summed E-state index contributed by atoms with van der Waals surface area (Å²) >= 11 is 0. The van der Waals surface area contributed by atoms with Crippen molar-refractivity contribution in [3.05, 3.63) is 31.0 Å². The van der Waals surface area contributed by atoms with Crippen molar-refractivity contribution in [3.63, 3.8) is 0 Å². The number of ether oxygens (including phenoxy) is 1. The number of aromatic nitrogens is 5. The van der Waals surface area contributed by atoms with Gasteiger partial charge in [-0.15, -0.1) is 0 Å². The molecule has 0 N–H and O–H groups in total. The minimum Gasteiger partial charge on any atom is -0.361 e. The highest BCUT2D eigenvalue weighted by atomic mass is 28.3. The molecule has 134 valence electrons. The molecule has 0 bridgehead atoms. The van der Waals surface area contributed by atoms with Gasteiger partial charge in [0.1, 0.15) is 18.7 Å². The molecule has 6 nitrogen and oxygen atoms in total. The minimum atomic E-state index is -1.06. The molecule has 0 spiro atoms. The lowest BCUT2D eigenvalue weighted by Crippen LogP contribution is -2.22. The zero-order valence-electron chi connectivity index (χ0n) is 15.7. The van der Waals surface area contributed by atoms with Crippen LogP contribution in [0, 0.1) is 0 Å². The monoisotopic (exact) mass is 357 g/mol. The van der Waals surface area contributed by atoms with Gasteiger partial charge in [-0.1, -0.05) is 19.6 Å². The lowest BCUT2D eigenvalue weighted by molar-refractivity contribution is 0.0899. The molecule has 0 aliphatic rings. The molecule has 3 heterocycles. The van der Waals surface area contributed by atoms with Crippen LogP contribution in [0.15, 0.2) is 31.0 Å². The molecule has 0 amide bonds. The Morgan fingerprint density at radius 3 is 2.68 bits per heavy atom. The van der Waals surface area contributed by atoms with Crippen molar-refractivity contribution in [1.82, 2.24) is 24.3 Å². The third-order valence-corrected chi connectivity index (χ3v) is 5.89. The van der Waals surface area contributed by atoms with E-state index in [-0.39, 0.29) is 0 Å². The topological polar surface area (TPSA) is 57.8 Å². The van der Waals surface area contributed by atoms with Gasteiger partial charge in [0, 0.05) is 44.1 Å². The molecule has 0 saturated carbocycles. The SMILES string of the molecule is CC(C)n1cc(-c2ncnc3c2ccn3COCC[Si](C)(C)C)cn1. The smallest absolute Gasteiger partial charge is 0.145 e. The summed E-state index contributed by atoms with van der Waals surface area (Å²) in [7, 11) is -1.06. The highest BCUT2D eigenvalue weighted by Gasteiger charge is 2.14. The Labute approximate surface area is 149 Å². The molecule has 25 heavy (non-hydrogen) atoms. The van der Waals surface area contributed by atoms with E-state index in [9.17, 15) is 0 Å². The Morgan fingerprint density at radius 2 is 2.00 bits per heavy atom. The summed E-state index contributed by atoms with van der Waals surface area (Å²) in [5.74, 6) is 0. The Kier molecular flexibility index (Phi) is 5.05. The molecule has 3 aromatic rings. The van der Waals surface area contributed by atoms with Crippen LogP contribution >= 0.6 is 0 Å². The molecule has 0 saturated heterocycles. The van der Waals surface area contributed by atoms with Crippen molar-refractivity contribution in [2.24, 2.45) is 0 Å².